The van der Waals surface area contributed by atoms with Crippen LogP contribution in [0, 0.1) is 0 Å². The molecule has 0 radical (unpaired) electrons. The molecular weight excluding hydrogens is 403 g/mol. The fourth-order valence-electron chi connectivity index (χ4n) is 3.84. The molecule has 0 saturated heterocycles. The topological polar surface area (TPSA) is 93.2 Å². The fraction of sp³-hybridized carbons (Fsp3) is 0.368. The van der Waals surface area contributed by atoms with E-state index in [1.54, 1.807) is 25.2 Å². The molecule has 2 aromatic heterocycles. The summed E-state index contributed by atoms with van der Waals surface area (Å²) in [7, 11) is 1.55. The second-order valence-electron chi connectivity index (χ2n) is 6.97. The van der Waals surface area contributed by atoms with Gasteiger partial charge in [0.25, 0.3) is 5.91 Å². The number of halogens is 2. The number of ether oxygens (including phenoxy) is 1. The molecule has 0 bridgehead atoms. The van der Waals surface area contributed by atoms with Crippen molar-refractivity contribution in [2.45, 2.75) is 37.2 Å². The van der Waals surface area contributed by atoms with Gasteiger partial charge in [0, 0.05) is 13.2 Å². The Morgan fingerprint density at radius 3 is 2.75 bits per heavy atom. The summed E-state index contributed by atoms with van der Waals surface area (Å²) in [5.41, 5.74) is 0.864. The molecule has 0 atom stereocenters. The Morgan fingerprint density at radius 2 is 2.07 bits per heavy atom. The van der Waals surface area contributed by atoms with Gasteiger partial charge in [-0.15, -0.1) is 0 Å². The van der Waals surface area contributed by atoms with Gasteiger partial charge < -0.3 is 15.4 Å². The Kier molecular flexibility index (Phi) is 4.89. The maximum absolute atomic E-state index is 12.8. The number of nitrogens with zero attached hydrogens (tertiary/aromatic N) is 2. The van der Waals surface area contributed by atoms with Crippen LogP contribution in [0.5, 0.6) is 5.88 Å². The zero-order chi connectivity index (χ0) is 19.9. The summed E-state index contributed by atoms with van der Waals surface area (Å²) in [5, 5.41) is 6.26. The molecule has 1 spiro atoms. The third kappa shape index (κ3) is 3.18. The smallest absolute Gasteiger partial charge is 0.269 e. The average Bonchev–Trinajstić information content (AvgIpc) is 2.96. The van der Waals surface area contributed by atoms with E-state index in [-0.39, 0.29) is 17.9 Å². The summed E-state index contributed by atoms with van der Waals surface area (Å²) in [5.74, 6) is -0.0220. The maximum atomic E-state index is 12.8. The SMILES string of the molecule is CNC(=O)c1ccc2c(n1)C1(CCC(Oc3ncc(Cl)cc3Cl)CC1)C(=O)N2. The molecule has 2 N–H and O–H groups in total. The van der Waals surface area contributed by atoms with E-state index in [0.29, 0.717) is 58.7 Å². The molecule has 0 unspecified atom stereocenters. The van der Waals surface area contributed by atoms with Crippen LogP contribution in [0.15, 0.2) is 24.4 Å². The number of amides is 2. The largest absolute Gasteiger partial charge is 0.473 e. The predicted octanol–water partition coefficient (Wildman–Crippen LogP) is 3.35. The van der Waals surface area contributed by atoms with Crippen molar-refractivity contribution in [2.24, 2.45) is 0 Å². The molecule has 1 aliphatic heterocycles. The van der Waals surface area contributed by atoms with Crippen molar-refractivity contribution in [3.05, 3.63) is 45.8 Å². The highest BCUT2D eigenvalue weighted by molar-refractivity contribution is 6.35. The standard InChI is InChI=1S/C19H18Cl2N4O3/c1-22-16(26)14-3-2-13-15(24-14)19(18(27)25-13)6-4-11(5-7-19)28-17-12(21)8-10(20)9-23-17/h2-3,8-9,11H,4-7H2,1H3,(H,22,26)(H,25,27). The summed E-state index contributed by atoms with van der Waals surface area (Å²) in [4.78, 5) is 33.4. The van der Waals surface area contributed by atoms with E-state index in [0.717, 1.165) is 0 Å². The van der Waals surface area contributed by atoms with Gasteiger partial charge in [0.1, 0.15) is 16.8 Å². The van der Waals surface area contributed by atoms with Gasteiger partial charge in [-0.25, -0.2) is 9.97 Å². The molecule has 0 aromatic carbocycles. The van der Waals surface area contributed by atoms with Crippen LogP contribution in [0.4, 0.5) is 5.69 Å². The van der Waals surface area contributed by atoms with E-state index < -0.39 is 5.41 Å². The van der Waals surface area contributed by atoms with Crippen molar-refractivity contribution >= 4 is 40.7 Å². The minimum absolute atomic E-state index is 0.0786. The molecule has 1 fully saturated rings. The van der Waals surface area contributed by atoms with Crippen LogP contribution in [0.3, 0.4) is 0 Å². The molecule has 4 rings (SSSR count). The molecule has 2 amide bonds. The van der Waals surface area contributed by atoms with Crippen LogP contribution in [0.25, 0.3) is 0 Å². The number of aromatic nitrogens is 2. The lowest BCUT2D eigenvalue weighted by molar-refractivity contribution is -0.122. The number of fused-ring (bicyclic) bond motifs is 2. The zero-order valence-electron chi connectivity index (χ0n) is 15.1. The van der Waals surface area contributed by atoms with Gasteiger partial charge in [0.05, 0.1) is 21.8 Å². The summed E-state index contributed by atoms with van der Waals surface area (Å²) in [6, 6.07) is 4.93. The third-order valence-corrected chi connectivity index (χ3v) is 5.81. The van der Waals surface area contributed by atoms with E-state index in [1.807, 2.05) is 0 Å². The highest BCUT2D eigenvalue weighted by Crippen LogP contribution is 2.47. The van der Waals surface area contributed by atoms with Crippen LogP contribution in [-0.4, -0.2) is 34.9 Å². The number of pyridine rings is 2. The number of carbonyl (C=O) groups excluding carboxylic acids is 2. The first kappa shape index (κ1) is 19.0. The Labute approximate surface area is 171 Å². The van der Waals surface area contributed by atoms with Crippen molar-refractivity contribution in [1.29, 1.82) is 0 Å². The van der Waals surface area contributed by atoms with Gasteiger partial charge in [-0.1, -0.05) is 23.2 Å². The highest BCUT2D eigenvalue weighted by Gasteiger charge is 2.50. The van der Waals surface area contributed by atoms with Crippen LogP contribution in [-0.2, 0) is 10.2 Å². The highest BCUT2D eigenvalue weighted by atomic mass is 35.5. The first-order valence-electron chi connectivity index (χ1n) is 8.96. The van der Waals surface area contributed by atoms with Gasteiger partial charge in [0.2, 0.25) is 11.8 Å². The molecular formula is C19H18Cl2N4O3. The second kappa shape index (κ2) is 7.22. The average molecular weight is 421 g/mol. The lowest BCUT2D eigenvalue weighted by atomic mass is 9.71. The van der Waals surface area contributed by atoms with Gasteiger partial charge in [-0.2, -0.15) is 0 Å². The van der Waals surface area contributed by atoms with Crippen LogP contribution >= 0.6 is 23.2 Å². The minimum Gasteiger partial charge on any atom is -0.473 e. The number of anilines is 1. The first-order valence-corrected chi connectivity index (χ1v) is 9.71. The Hall–Kier alpha value is -2.38. The molecule has 1 aliphatic carbocycles. The zero-order valence-corrected chi connectivity index (χ0v) is 16.6. The van der Waals surface area contributed by atoms with Gasteiger partial charge in [-0.05, 0) is 43.9 Å². The molecule has 28 heavy (non-hydrogen) atoms. The van der Waals surface area contributed by atoms with Crippen molar-refractivity contribution in [2.75, 3.05) is 12.4 Å². The molecule has 2 aromatic rings. The maximum Gasteiger partial charge on any atom is 0.269 e. The van der Waals surface area contributed by atoms with E-state index in [9.17, 15) is 9.59 Å². The number of hydrogen-bond acceptors (Lipinski definition) is 5. The third-order valence-electron chi connectivity index (χ3n) is 5.33. The van der Waals surface area contributed by atoms with E-state index in [2.05, 4.69) is 20.6 Å². The Morgan fingerprint density at radius 1 is 1.32 bits per heavy atom. The molecule has 7 nitrogen and oxygen atoms in total. The normalized spacial score (nSPS) is 23.2. The van der Waals surface area contributed by atoms with E-state index >= 15 is 0 Å². The number of hydrogen-bond donors (Lipinski definition) is 2. The fourth-order valence-corrected chi connectivity index (χ4v) is 4.27. The monoisotopic (exact) mass is 420 g/mol. The number of rotatable bonds is 3. The minimum atomic E-state index is -0.740. The summed E-state index contributed by atoms with van der Waals surface area (Å²) in [6.07, 6.45) is 3.77. The predicted molar refractivity (Wildman–Crippen MR) is 105 cm³/mol. The molecule has 9 heteroatoms. The van der Waals surface area contributed by atoms with Crippen LogP contribution < -0.4 is 15.4 Å². The quantitative estimate of drug-likeness (QED) is 0.793. The van der Waals surface area contributed by atoms with Crippen molar-refractivity contribution < 1.29 is 14.3 Å². The van der Waals surface area contributed by atoms with Crippen LogP contribution in [0.2, 0.25) is 10.0 Å². The van der Waals surface area contributed by atoms with Crippen LogP contribution in [0.1, 0.15) is 41.9 Å². The number of nitrogens with one attached hydrogen (secondary N) is 2. The van der Waals surface area contributed by atoms with Gasteiger partial charge >= 0.3 is 0 Å². The van der Waals surface area contributed by atoms with Crippen molar-refractivity contribution in [3.8, 4) is 5.88 Å². The van der Waals surface area contributed by atoms with Gasteiger partial charge in [-0.3, -0.25) is 9.59 Å². The molecule has 1 saturated carbocycles. The Balaban J connectivity index is 1.54. The molecule has 3 heterocycles. The molecule has 2 aliphatic rings. The molecule has 146 valence electrons. The van der Waals surface area contributed by atoms with E-state index in [4.69, 9.17) is 27.9 Å². The lowest BCUT2D eigenvalue weighted by Gasteiger charge is -2.34. The van der Waals surface area contributed by atoms with E-state index in [1.165, 1.54) is 6.20 Å². The number of carbonyl (C=O) groups is 2. The second-order valence-corrected chi connectivity index (χ2v) is 7.81. The van der Waals surface area contributed by atoms with Crippen molar-refractivity contribution in [3.63, 3.8) is 0 Å². The summed E-state index contributed by atoms with van der Waals surface area (Å²) in [6.45, 7) is 0. The first-order chi connectivity index (χ1) is 13.4. The summed E-state index contributed by atoms with van der Waals surface area (Å²) >= 11 is 12.0. The lowest BCUT2D eigenvalue weighted by Crippen LogP contribution is -2.41. The summed E-state index contributed by atoms with van der Waals surface area (Å²) < 4.78 is 5.93. The van der Waals surface area contributed by atoms with Gasteiger partial charge in [0.15, 0.2) is 0 Å². The Bertz CT molecular complexity index is 958. The van der Waals surface area contributed by atoms with Crippen molar-refractivity contribution in [1.82, 2.24) is 15.3 Å².